The van der Waals surface area contributed by atoms with Crippen molar-refractivity contribution in [1.29, 1.82) is 5.26 Å². The minimum Gasteiger partial charge on any atom is -0.444 e. The number of nitrogens with zero attached hydrogens (tertiary/aromatic N) is 2. The minimum absolute atomic E-state index is 0.0622. The summed E-state index contributed by atoms with van der Waals surface area (Å²) in [6.07, 6.45) is -10.5. The largest absolute Gasteiger partial charge is 0.444 e. The Bertz CT molecular complexity index is 1040. The molecule has 1 unspecified atom stereocenters. The number of ether oxygens (including phenoxy) is 1. The number of carbonyl (C=O) groups excluding carboxylic acids is 2. The quantitative estimate of drug-likeness (QED) is 0.586. The standard InChI is InChI=1S/C23H26F6N4O3/c1-21(2,3)36-20(35)31-14-6-7-33(11-14)19(34)17-9-15(18(32-17)23(27,28)29)12-4-5-13(10-30)16(8-12)22(24,25)26/h4-5,8,14-15,17-18,32H,6-7,9,11H2,1-3H3,(H,31,35)/t14-,15?,17+,18-/m1/s1. The lowest BCUT2D eigenvalue weighted by molar-refractivity contribution is -0.156. The Kier molecular flexibility index (Phi) is 7.51. The van der Waals surface area contributed by atoms with Gasteiger partial charge in [-0.2, -0.15) is 31.6 Å². The Morgan fingerprint density at radius 1 is 1.17 bits per heavy atom. The van der Waals surface area contributed by atoms with Crippen LogP contribution in [0.4, 0.5) is 31.1 Å². The molecule has 0 spiro atoms. The maximum atomic E-state index is 13.8. The summed E-state index contributed by atoms with van der Waals surface area (Å²) in [5.74, 6) is -2.10. The van der Waals surface area contributed by atoms with Gasteiger partial charge < -0.3 is 15.0 Å². The number of rotatable bonds is 3. The first-order valence-corrected chi connectivity index (χ1v) is 11.2. The summed E-state index contributed by atoms with van der Waals surface area (Å²) in [4.78, 5) is 26.3. The number of hydrogen-bond acceptors (Lipinski definition) is 5. The molecule has 36 heavy (non-hydrogen) atoms. The highest BCUT2D eigenvalue weighted by Gasteiger charge is 2.53. The summed E-state index contributed by atoms with van der Waals surface area (Å²) >= 11 is 0. The summed E-state index contributed by atoms with van der Waals surface area (Å²) in [5, 5.41) is 13.8. The number of benzene rings is 1. The Morgan fingerprint density at radius 2 is 1.83 bits per heavy atom. The molecule has 0 saturated carbocycles. The maximum absolute atomic E-state index is 13.8. The van der Waals surface area contributed by atoms with Gasteiger partial charge in [0.25, 0.3) is 0 Å². The van der Waals surface area contributed by atoms with Gasteiger partial charge in [0.2, 0.25) is 5.91 Å². The highest BCUT2D eigenvalue weighted by molar-refractivity contribution is 5.83. The van der Waals surface area contributed by atoms with E-state index < -0.39 is 65.1 Å². The smallest absolute Gasteiger partial charge is 0.417 e. The fraction of sp³-hybridized carbons (Fsp3) is 0.609. The van der Waals surface area contributed by atoms with Crippen molar-refractivity contribution in [1.82, 2.24) is 15.5 Å². The molecule has 2 N–H and O–H groups in total. The van der Waals surface area contributed by atoms with Crippen LogP contribution in [0.25, 0.3) is 0 Å². The van der Waals surface area contributed by atoms with Crippen LogP contribution >= 0.6 is 0 Å². The lowest BCUT2D eigenvalue weighted by atomic mass is 9.88. The molecule has 0 aliphatic carbocycles. The molecule has 2 aliphatic rings. The van der Waals surface area contributed by atoms with Gasteiger partial charge in [-0.25, -0.2) is 4.79 Å². The lowest BCUT2D eigenvalue weighted by Gasteiger charge is -2.24. The van der Waals surface area contributed by atoms with E-state index >= 15 is 0 Å². The molecule has 2 saturated heterocycles. The summed E-state index contributed by atoms with van der Waals surface area (Å²) in [6.45, 7) is 5.30. The summed E-state index contributed by atoms with van der Waals surface area (Å²) in [6, 6.07) is -0.142. The fourth-order valence-electron chi connectivity index (χ4n) is 4.51. The zero-order valence-corrected chi connectivity index (χ0v) is 19.8. The SMILES string of the molecule is CC(C)(C)OC(=O)N[C@@H]1CCN(C(=O)[C@@H]2CC(c3ccc(C#N)c(C(F)(F)F)c3)[C@H](C(F)(F)F)N2)C1. The second-order valence-corrected chi connectivity index (χ2v) is 9.91. The number of nitrogens with one attached hydrogen (secondary N) is 2. The first kappa shape index (κ1) is 27.6. The van der Waals surface area contributed by atoms with E-state index in [1.165, 1.54) is 11.0 Å². The molecule has 7 nitrogen and oxygen atoms in total. The topological polar surface area (TPSA) is 94.5 Å². The summed E-state index contributed by atoms with van der Waals surface area (Å²) in [5.41, 5.74) is -3.02. The van der Waals surface area contributed by atoms with Gasteiger partial charge >= 0.3 is 18.4 Å². The Morgan fingerprint density at radius 3 is 2.39 bits per heavy atom. The maximum Gasteiger partial charge on any atom is 0.417 e. The van der Waals surface area contributed by atoms with Crippen LogP contribution in [0.15, 0.2) is 18.2 Å². The van der Waals surface area contributed by atoms with Gasteiger partial charge in [-0.05, 0) is 51.3 Å². The molecule has 2 heterocycles. The number of carbonyl (C=O) groups is 2. The average molecular weight is 520 g/mol. The fourth-order valence-corrected chi connectivity index (χ4v) is 4.51. The highest BCUT2D eigenvalue weighted by atomic mass is 19.4. The van der Waals surface area contributed by atoms with Crippen LogP contribution < -0.4 is 10.6 Å². The molecule has 0 radical (unpaired) electrons. The van der Waals surface area contributed by atoms with Crippen LogP contribution in [0.2, 0.25) is 0 Å². The van der Waals surface area contributed by atoms with Crippen molar-refractivity contribution in [2.24, 2.45) is 0 Å². The van der Waals surface area contributed by atoms with Crippen molar-refractivity contribution < 1.29 is 40.7 Å². The second-order valence-electron chi connectivity index (χ2n) is 9.91. The molecule has 13 heteroatoms. The average Bonchev–Trinajstić information content (AvgIpc) is 3.38. The molecule has 4 atom stereocenters. The van der Waals surface area contributed by atoms with Crippen LogP contribution in [0.3, 0.4) is 0 Å². The van der Waals surface area contributed by atoms with E-state index in [2.05, 4.69) is 10.6 Å². The van der Waals surface area contributed by atoms with Crippen LogP contribution in [0.1, 0.15) is 56.2 Å². The monoisotopic (exact) mass is 520 g/mol. The molecule has 0 aromatic heterocycles. The number of likely N-dealkylation sites (tertiary alicyclic amines) is 1. The third kappa shape index (κ3) is 6.40. The van der Waals surface area contributed by atoms with E-state index in [-0.39, 0.29) is 25.1 Å². The van der Waals surface area contributed by atoms with Crippen molar-refractivity contribution in [3.8, 4) is 6.07 Å². The van der Waals surface area contributed by atoms with E-state index in [0.717, 1.165) is 12.1 Å². The van der Waals surface area contributed by atoms with Gasteiger partial charge in [-0.15, -0.1) is 0 Å². The molecule has 1 aromatic rings. The van der Waals surface area contributed by atoms with E-state index in [9.17, 15) is 35.9 Å². The Labute approximate surface area is 203 Å². The van der Waals surface area contributed by atoms with E-state index in [4.69, 9.17) is 10.00 Å². The lowest BCUT2D eigenvalue weighted by Crippen LogP contribution is -2.49. The van der Waals surface area contributed by atoms with Crippen LogP contribution in [0.5, 0.6) is 0 Å². The molecule has 1 aromatic carbocycles. The molecule has 2 fully saturated rings. The zero-order valence-electron chi connectivity index (χ0n) is 19.8. The van der Waals surface area contributed by atoms with Crippen LogP contribution in [-0.2, 0) is 15.7 Å². The Balaban J connectivity index is 1.76. The van der Waals surface area contributed by atoms with Gasteiger partial charge in [-0.3, -0.25) is 10.1 Å². The first-order valence-electron chi connectivity index (χ1n) is 11.2. The molecule has 0 bridgehead atoms. The van der Waals surface area contributed by atoms with Gasteiger partial charge in [0.05, 0.1) is 29.3 Å². The van der Waals surface area contributed by atoms with Gasteiger partial charge in [-0.1, -0.05) is 6.07 Å². The number of alkyl carbamates (subject to hydrolysis) is 1. The molecule has 2 amide bonds. The highest BCUT2D eigenvalue weighted by Crippen LogP contribution is 2.42. The third-order valence-electron chi connectivity index (χ3n) is 6.04. The second kappa shape index (κ2) is 9.80. The molecule has 198 valence electrons. The zero-order chi connectivity index (χ0) is 27.1. The predicted octanol–water partition coefficient (Wildman–Crippen LogP) is 4.08. The summed E-state index contributed by atoms with van der Waals surface area (Å²) < 4.78 is 86.7. The van der Waals surface area contributed by atoms with Crippen molar-refractivity contribution >= 4 is 12.0 Å². The van der Waals surface area contributed by atoms with Crippen molar-refractivity contribution in [2.75, 3.05) is 13.1 Å². The van der Waals surface area contributed by atoms with E-state index in [1.54, 1.807) is 20.8 Å². The first-order chi connectivity index (χ1) is 16.5. The van der Waals surface area contributed by atoms with E-state index in [1.807, 2.05) is 0 Å². The summed E-state index contributed by atoms with van der Waals surface area (Å²) in [7, 11) is 0. The number of halogens is 6. The number of amides is 2. The van der Waals surface area contributed by atoms with Gasteiger partial charge in [0.15, 0.2) is 0 Å². The number of nitriles is 1. The molecule has 2 aliphatic heterocycles. The predicted molar refractivity (Wildman–Crippen MR) is 115 cm³/mol. The van der Waals surface area contributed by atoms with Crippen molar-refractivity contribution in [3.05, 3.63) is 34.9 Å². The van der Waals surface area contributed by atoms with Gasteiger partial charge in [0.1, 0.15) is 11.6 Å². The van der Waals surface area contributed by atoms with E-state index in [0.29, 0.717) is 12.5 Å². The van der Waals surface area contributed by atoms with Gasteiger partial charge in [0, 0.05) is 19.0 Å². The Hall–Kier alpha value is -3.01. The van der Waals surface area contributed by atoms with Crippen molar-refractivity contribution in [3.63, 3.8) is 0 Å². The van der Waals surface area contributed by atoms with Crippen LogP contribution in [-0.4, -0.2) is 59.9 Å². The van der Waals surface area contributed by atoms with Crippen molar-refractivity contribution in [2.45, 2.75) is 75.6 Å². The molecule has 3 rings (SSSR count). The number of alkyl halides is 6. The molecular formula is C23H26F6N4O3. The normalized spacial score (nSPS) is 24.9. The van der Waals surface area contributed by atoms with Crippen LogP contribution in [0, 0.1) is 11.3 Å². The number of hydrogen-bond donors (Lipinski definition) is 2. The third-order valence-corrected chi connectivity index (χ3v) is 6.04. The minimum atomic E-state index is -4.93. The molecular weight excluding hydrogens is 494 g/mol.